The van der Waals surface area contributed by atoms with Gasteiger partial charge in [-0.05, 0) is 30.3 Å². The zero-order valence-electron chi connectivity index (χ0n) is 12.0. The van der Waals surface area contributed by atoms with Gasteiger partial charge in [-0.25, -0.2) is 0 Å². The molecule has 1 aromatic carbocycles. The molecule has 1 aliphatic rings. The van der Waals surface area contributed by atoms with Gasteiger partial charge < -0.3 is 15.0 Å². The van der Waals surface area contributed by atoms with Crippen molar-refractivity contribution in [3.05, 3.63) is 52.8 Å². The summed E-state index contributed by atoms with van der Waals surface area (Å²) in [4.78, 5) is 18.5. The van der Waals surface area contributed by atoms with Gasteiger partial charge in [0, 0.05) is 35.5 Å². The Morgan fingerprint density at radius 1 is 1.18 bits per heavy atom. The minimum absolute atomic E-state index is 0.144. The van der Waals surface area contributed by atoms with Crippen molar-refractivity contribution in [1.82, 2.24) is 4.98 Å². The van der Waals surface area contributed by atoms with Gasteiger partial charge in [-0.2, -0.15) is 0 Å². The molecule has 1 aliphatic heterocycles. The summed E-state index contributed by atoms with van der Waals surface area (Å²) in [5.41, 5.74) is 2.38. The van der Waals surface area contributed by atoms with Crippen LogP contribution in [0.4, 0.5) is 11.4 Å². The maximum Gasteiger partial charge on any atom is 0.255 e. The lowest BCUT2D eigenvalue weighted by Gasteiger charge is -2.30. The van der Waals surface area contributed by atoms with Crippen molar-refractivity contribution >= 4 is 33.2 Å². The number of amides is 1. The van der Waals surface area contributed by atoms with Crippen LogP contribution in [-0.4, -0.2) is 37.2 Å². The van der Waals surface area contributed by atoms with E-state index in [-0.39, 0.29) is 5.91 Å². The number of morpholine rings is 1. The molecule has 0 aliphatic carbocycles. The van der Waals surface area contributed by atoms with E-state index in [1.807, 2.05) is 18.2 Å². The molecule has 0 unspecified atom stereocenters. The number of nitrogens with one attached hydrogen (secondary N) is 1. The van der Waals surface area contributed by atoms with Crippen molar-refractivity contribution in [1.29, 1.82) is 0 Å². The fraction of sp³-hybridized carbons (Fsp3) is 0.250. The van der Waals surface area contributed by atoms with E-state index in [1.54, 1.807) is 24.5 Å². The highest BCUT2D eigenvalue weighted by Crippen LogP contribution is 2.30. The Labute approximate surface area is 137 Å². The molecule has 2 aromatic rings. The summed E-state index contributed by atoms with van der Waals surface area (Å²) in [5, 5.41) is 2.99. The molecule has 22 heavy (non-hydrogen) atoms. The summed E-state index contributed by atoms with van der Waals surface area (Å²) < 4.78 is 6.32. The third-order valence-corrected chi connectivity index (χ3v) is 3.99. The molecule has 5 nitrogen and oxygen atoms in total. The number of benzene rings is 1. The molecule has 3 rings (SSSR count). The van der Waals surface area contributed by atoms with Gasteiger partial charge >= 0.3 is 0 Å². The predicted molar refractivity (Wildman–Crippen MR) is 89.4 cm³/mol. The van der Waals surface area contributed by atoms with Crippen LogP contribution in [0.1, 0.15) is 10.4 Å². The minimum Gasteiger partial charge on any atom is -0.378 e. The first-order chi connectivity index (χ1) is 10.7. The van der Waals surface area contributed by atoms with Crippen LogP contribution < -0.4 is 10.2 Å². The molecular weight excluding hydrogens is 346 g/mol. The minimum atomic E-state index is -0.144. The van der Waals surface area contributed by atoms with Gasteiger partial charge in [-0.1, -0.05) is 15.9 Å². The molecule has 6 heteroatoms. The number of rotatable bonds is 3. The maximum absolute atomic E-state index is 12.4. The van der Waals surface area contributed by atoms with Crippen molar-refractivity contribution in [3.8, 4) is 0 Å². The maximum atomic E-state index is 12.4. The van der Waals surface area contributed by atoms with E-state index in [2.05, 4.69) is 31.1 Å². The Morgan fingerprint density at radius 3 is 2.64 bits per heavy atom. The number of carbonyl (C=O) groups excluding carboxylic acids is 1. The molecule has 1 saturated heterocycles. The van der Waals surface area contributed by atoms with Gasteiger partial charge in [-0.15, -0.1) is 0 Å². The number of ether oxygens (including phenoxy) is 1. The monoisotopic (exact) mass is 361 g/mol. The average molecular weight is 362 g/mol. The highest BCUT2D eigenvalue weighted by Gasteiger charge is 2.17. The second-order valence-electron chi connectivity index (χ2n) is 4.95. The Hall–Kier alpha value is -1.92. The first-order valence-corrected chi connectivity index (χ1v) is 7.87. The Balaban J connectivity index is 1.85. The third kappa shape index (κ3) is 3.45. The lowest BCUT2D eigenvalue weighted by molar-refractivity contribution is 0.102. The normalized spacial score (nSPS) is 14.7. The molecule has 1 aromatic heterocycles. The molecule has 0 atom stereocenters. The molecule has 1 fully saturated rings. The standard InChI is InChI=1S/C16H16BrN3O2/c17-13-1-2-15(20-7-9-22-10-8-20)14(11-13)19-16(21)12-3-5-18-6-4-12/h1-6,11H,7-10H2,(H,19,21). The highest BCUT2D eigenvalue weighted by atomic mass is 79.9. The van der Waals surface area contributed by atoms with Crippen LogP contribution in [-0.2, 0) is 4.74 Å². The van der Waals surface area contributed by atoms with Gasteiger partial charge in [0.05, 0.1) is 24.6 Å². The van der Waals surface area contributed by atoms with E-state index in [1.165, 1.54) is 0 Å². The fourth-order valence-corrected chi connectivity index (χ4v) is 2.75. The van der Waals surface area contributed by atoms with Crippen LogP contribution in [0.3, 0.4) is 0 Å². The second-order valence-corrected chi connectivity index (χ2v) is 5.87. The van der Waals surface area contributed by atoms with E-state index < -0.39 is 0 Å². The van der Waals surface area contributed by atoms with Crippen molar-refractivity contribution in [2.45, 2.75) is 0 Å². The van der Waals surface area contributed by atoms with Crippen molar-refractivity contribution in [2.75, 3.05) is 36.5 Å². The van der Waals surface area contributed by atoms with Crippen molar-refractivity contribution in [2.24, 2.45) is 0 Å². The molecule has 0 spiro atoms. The Morgan fingerprint density at radius 2 is 1.91 bits per heavy atom. The number of pyridine rings is 1. The lowest BCUT2D eigenvalue weighted by atomic mass is 10.2. The van der Waals surface area contributed by atoms with Crippen molar-refractivity contribution in [3.63, 3.8) is 0 Å². The van der Waals surface area contributed by atoms with Crippen LogP contribution in [0.25, 0.3) is 0 Å². The zero-order valence-corrected chi connectivity index (χ0v) is 13.5. The Kier molecular flexibility index (Phi) is 4.70. The SMILES string of the molecule is O=C(Nc1cc(Br)ccc1N1CCOCC1)c1ccncc1. The van der Waals surface area contributed by atoms with Gasteiger partial charge in [-0.3, -0.25) is 9.78 Å². The zero-order chi connectivity index (χ0) is 15.4. The molecule has 2 heterocycles. The number of carbonyl (C=O) groups is 1. The number of halogens is 1. The van der Waals surface area contributed by atoms with E-state index >= 15 is 0 Å². The van der Waals surface area contributed by atoms with Gasteiger partial charge in [0.25, 0.3) is 5.91 Å². The summed E-state index contributed by atoms with van der Waals surface area (Å²) in [6, 6.07) is 9.30. The topological polar surface area (TPSA) is 54.5 Å². The summed E-state index contributed by atoms with van der Waals surface area (Å²) in [5.74, 6) is -0.144. The summed E-state index contributed by atoms with van der Waals surface area (Å²) in [6.45, 7) is 3.04. The fourth-order valence-electron chi connectivity index (χ4n) is 2.39. The van der Waals surface area contributed by atoms with Crippen LogP contribution >= 0.6 is 15.9 Å². The van der Waals surface area contributed by atoms with Gasteiger partial charge in [0.2, 0.25) is 0 Å². The van der Waals surface area contributed by atoms with E-state index in [0.29, 0.717) is 18.8 Å². The number of nitrogens with zero attached hydrogens (tertiary/aromatic N) is 2. The first kappa shape index (κ1) is 15.0. The van der Waals surface area contributed by atoms with Crippen LogP contribution in [0.2, 0.25) is 0 Å². The van der Waals surface area contributed by atoms with Crippen LogP contribution in [0.15, 0.2) is 47.2 Å². The third-order valence-electron chi connectivity index (χ3n) is 3.50. The smallest absolute Gasteiger partial charge is 0.255 e. The molecule has 0 radical (unpaired) electrons. The summed E-state index contributed by atoms with van der Waals surface area (Å²) in [7, 11) is 0. The molecule has 114 valence electrons. The van der Waals surface area contributed by atoms with E-state index in [0.717, 1.165) is 28.9 Å². The largest absolute Gasteiger partial charge is 0.378 e. The number of hydrogen-bond acceptors (Lipinski definition) is 4. The van der Waals surface area contributed by atoms with Gasteiger partial charge in [0.15, 0.2) is 0 Å². The molecule has 0 bridgehead atoms. The van der Waals surface area contributed by atoms with E-state index in [4.69, 9.17) is 4.74 Å². The summed E-state index contributed by atoms with van der Waals surface area (Å²) in [6.07, 6.45) is 3.22. The molecular formula is C16H16BrN3O2. The molecule has 1 amide bonds. The lowest BCUT2D eigenvalue weighted by Crippen LogP contribution is -2.36. The molecule has 1 N–H and O–H groups in total. The van der Waals surface area contributed by atoms with Crippen molar-refractivity contribution < 1.29 is 9.53 Å². The van der Waals surface area contributed by atoms with Crippen LogP contribution in [0.5, 0.6) is 0 Å². The van der Waals surface area contributed by atoms with Crippen LogP contribution in [0, 0.1) is 0 Å². The number of hydrogen-bond donors (Lipinski definition) is 1. The summed E-state index contributed by atoms with van der Waals surface area (Å²) >= 11 is 3.46. The number of aromatic nitrogens is 1. The average Bonchev–Trinajstić information content (AvgIpc) is 2.56. The highest BCUT2D eigenvalue weighted by molar-refractivity contribution is 9.10. The van der Waals surface area contributed by atoms with Gasteiger partial charge in [0.1, 0.15) is 0 Å². The first-order valence-electron chi connectivity index (χ1n) is 7.07. The van der Waals surface area contributed by atoms with E-state index in [9.17, 15) is 4.79 Å². The Bertz CT molecular complexity index is 658. The predicted octanol–water partition coefficient (Wildman–Crippen LogP) is 2.93. The number of anilines is 2. The second kappa shape index (κ2) is 6.89. The molecule has 0 saturated carbocycles. The quantitative estimate of drug-likeness (QED) is 0.912.